The van der Waals surface area contributed by atoms with Crippen molar-refractivity contribution >= 4 is 17.7 Å². The third-order valence-corrected chi connectivity index (χ3v) is 2.75. The van der Waals surface area contributed by atoms with Gasteiger partial charge in [-0.3, -0.25) is 9.48 Å². The van der Waals surface area contributed by atoms with E-state index in [0.717, 1.165) is 4.90 Å². The highest BCUT2D eigenvalue weighted by Crippen LogP contribution is 2.24. The Kier molecular flexibility index (Phi) is 4.00. The van der Waals surface area contributed by atoms with Crippen LogP contribution in [0.5, 0.6) is 0 Å². The van der Waals surface area contributed by atoms with E-state index in [0.29, 0.717) is 6.42 Å². The van der Waals surface area contributed by atoms with Crippen molar-refractivity contribution in [2.45, 2.75) is 23.5 Å². The van der Waals surface area contributed by atoms with Crippen LogP contribution in [0.25, 0.3) is 0 Å². The number of ether oxygens (including phenoxy) is 1. The molecule has 0 bridgehead atoms. The van der Waals surface area contributed by atoms with Gasteiger partial charge in [-0.15, -0.1) is 11.8 Å². The molecule has 0 aliphatic rings. The number of aromatic nitrogens is 2. The van der Waals surface area contributed by atoms with Gasteiger partial charge < -0.3 is 4.74 Å². The molecule has 0 fully saturated rings. The van der Waals surface area contributed by atoms with Gasteiger partial charge >= 0.3 is 5.97 Å². The topological polar surface area (TPSA) is 44.1 Å². The van der Waals surface area contributed by atoms with E-state index < -0.39 is 0 Å². The van der Waals surface area contributed by atoms with Crippen LogP contribution in [0, 0.1) is 0 Å². The number of methoxy groups -OCH3 is 1. The third kappa shape index (κ3) is 3.41. The van der Waals surface area contributed by atoms with Crippen LogP contribution in [-0.2, 0) is 16.6 Å². The molecule has 1 aromatic heterocycles. The van der Waals surface area contributed by atoms with Gasteiger partial charge in [0.05, 0.1) is 19.7 Å². The number of aryl methyl sites for hydroxylation is 1. The van der Waals surface area contributed by atoms with Gasteiger partial charge in [0.1, 0.15) is 0 Å². The summed E-state index contributed by atoms with van der Waals surface area (Å²) in [5.74, 6) is -0.172. The fourth-order valence-corrected chi connectivity index (χ4v) is 2.06. The average molecular weight is 214 g/mol. The van der Waals surface area contributed by atoms with Crippen molar-refractivity contribution in [3.63, 3.8) is 0 Å². The maximum Gasteiger partial charge on any atom is 0.306 e. The Morgan fingerprint density at radius 1 is 1.79 bits per heavy atom. The molecule has 0 saturated heterocycles. The van der Waals surface area contributed by atoms with E-state index in [9.17, 15) is 4.79 Å². The molecule has 1 unspecified atom stereocenters. The van der Waals surface area contributed by atoms with Crippen LogP contribution in [0.4, 0.5) is 0 Å². The summed E-state index contributed by atoms with van der Waals surface area (Å²) in [4.78, 5) is 12.0. The van der Waals surface area contributed by atoms with Gasteiger partial charge in [0.15, 0.2) is 0 Å². The molecule has 0 aliphatic heterocycles. The van der Waals surface area contributed by atoms with Crippen molar-refractivity contribution < 1.29 is 9.53 Å². The molecule has 1 heterocycles. The first kappa shape index (κ1) is 11.1. The first-order chi connectivity index (χ1) is 6.61. The lowest BCUT2D eigenvalue weighted by molar-refractivity contribution is -0.140. The van der Waals surface area contributed by atoms with Crippen LogP contribution in [0.1, 0.15) is 13.3 Å². The maximum absolute atomic E-state index is 11.0. The summed E-state index contributed by atoms with van der Waals surface area (Å²) in [6.07, 6.45) is 4.15. The van der Waals surface area contributed by atoms with Gasteiger partial charge in [-0.2, -0.15) is 5.10 Å². The first-order valence-electron chi connectivity index (χ1n) is 4.34. The Balaban J connectivity index is 2.41. The number of carbonyl (C=O) groups excluding carboxylic acids is 1. The Morgan fingerprint density at radius 3 is 3.00 bits per heavy atom. The van der Waals surface area contributed by atoms with Gasteiger partial charge in [-0.05, 0) is 0 Å². The van der Waals surface area contributed by atoms with E-state index in [1.54, 1.807) is 22.6 Å². The molecule has 0 spiro atoms. The second kappa shape index (κ2) is 5.05. The summed E-state index contributed by atoms with van der Waals surface area (Å²) in [6.45, 7) is 1.99. The van der Waals surface area contributed by atoms with E-state index in [1.807, 2.05) is 20.2 Å². The van der Waals surface area contributed by atoms with E-state index in [4.69, 9.17) is 0 Å². The summed E-state index contributed by atoms with van der Waals surface area (Å²) >= 11 is 1.62. The van der Waals surface area contributed by atoms with E-state index in [2.05, 4.69) is 9.84 Å². The lowest BCUT2D eigenvalue weighted by Crippen LogP contribution is -2.08. The minimum atomic E-state index is -0.172. The van der Waals surface area contributed by atoms with Gasteiger partial charge in [-0.25, -0.2) is 0 Å². The average Bonchev–Trinajstić information content (AvgIpc) is 2.50. The maximum atomic E-state index is 11.0. The number of hydrogen-bond acceptors (Lipinski definition) is 4. The number of rotatable bonds is 4. The number of esters is 1. The minimum absolute atomic E-state index is 0.172. The van der Waals surface area contributed by atoms with Crippen molar-refractivity contribution in [1.29, 1.82) is 0 Å². The summed E-state index contributed by atoms with van der Waals surface area (Å²) in [7, 11) is 3.28. The van der Waals surface area contributed by atoms with Crippen molar-refractivity contribution in [3.05, 3.63) is 12.4 Å². The predicted molar refractivity (Wildman–Crippen MR) is 55.2 cm³/mol. The normalized spacial score (nSPS) is 12.5. The second-order valence-electron chi connectivity index (χ2n) is 3.06. The number of carbonyl (C=O) groups is 1. The molecular weight excluding hydrogens is 200 g/mol. The largest absolute Gasteiger partial charge is 0.469 e. The van der Waals surface area contributed by atoms with Crippen molar-refractivity contribution in [2.24, 2.45) is 7.05 Å². The summed E-state index contributed by atoms with van der Waals surface area (Å²) < 4.78 is 6.33. The molecule has 14 heavy (non-hydrogen) atoms. The standard InChI is InChI=1S/C9H14N2O2S/c1-7(4-9(12)13-3)14-8-5-10-11(2)6-8/h5-7H,4H2,1-3H3. The highest BCUT2D eigenvalue weighted by atomic mass is 32.2. The molecule has 0 amide bonds. The number of thioether (sulfide) groups is 1. The zero-order chi connectivity index (χ0) is 10.6. The SMILES string of the molecule is COC(=O)CC(C)Sc1cnn(C)c1. The highest BCUT2D eigenvalue weighted by molar-refractivity contribution is 8.00. The molecule has 0 aromatic carbocycles. The van der Waals surface area contributed by atoms with E-state index in [1.165, 1.54) is 7.11 Å². The Hall–Kier alpha value is -0.970. The predicted octanol–water partition coefficient (Wildman–Crippen LogP) is 1.46. The lowest BCUT2D eigenvalue weighted by atomic mass is 10.3. The molecule has 1 atom stereocenters. The van der Waals surface area contributed by atoms with Crippen LogP contribution in [0.15, 0.2) is 17.3 Å². The molecule has 0 saturated carbocycles. The van der Waals surface area contributed by atoms with Crippen LogP contribution < -0.4 is 0 Å². The molecule has 4 nitrogen and oxygen atoms in total. The highest BCUT2D eigenvalue weighted by Gasteiger charge is 2.11. The fourth-order valence-electron chi connectivity index (χ4n) is 1.05. The smallest absolute Gasteiger partial charge is 0.306 e. The van der Waals surface area contributed by atoms with Crippen LogP contribution >= 0.6 is 11.8 Å². The van der Waals surface area contributed by atoms with Crippen molar-refractivity contribution in [2.75, 3.05) is 7.11 Å². The zero-order valence-corrected chi connectivity index (χ0v) is 9.37. The lowest BCUT2D eigenvalue weighted by Gasteiger charge is -2.07. The molecule has 0 N–H and O–H groups in total. The zero-order valence-electron chi connectivity index (χ0n) is 8.56. The van der Waals surface area contributed by atoms with Gasteiger partial charge in [0, 0.05) is 23.4 Å². The Morgan fingerprint density at radius 2 is 2.50 bits per heavy atom. The summed E-state index contributed by atoms with van der Waals surface area (Å²) in [5.41, 5.74) is 0. The van der Waals surface area contributed by atoms with Crippen LogP contribution in [0.3, 0.4) is 0 Å². The molecule has 5 heteroatoms. The second-order valence-corrected chi connectivity index (χ2v) is 4.57. The fraction of sp³-hybridized carbons (Fsp3) is 0.556. The Bertz CT molecular complexity index is 312. The molecule has 0 radical (unpaired) electrons. The van der Waals surface area contributed by atoms with Crippen LogP contribution in [0.2, 0.25) is 0 Å². The van der Waals surface area contributed by atoms with Crippen molar-refractivity contribution in [1.82, 2.24) is 9.78 Å². The molecule has 0 aliphatic carbocycles. The monoisotopic (exact) mass is 214 g/mol. The van der Waals surface area contributed by atoms with Crippen LogP contribution in [-0.4, -0.2) is 28.1 Å². The van der Waals surface area contributed by atoms with Gasteiger partial charge in [0.2, 0.25) is 0 Å². The molecular formula is C9H14N2O2S. The number of hydrogen-bond donors (Lipinski definition) is 0. The molecule has 1 aromatic rings. The first-order valence-corrected chi connectivity index (χ1v) is 5.22. The van der Waals surface area contributed by atoms with E-state index in [-0.39, 0.29) is 11.2 Å². The number of nitrogens with zero attached hydrogens (tertiary/aromatic N) is 2. The van der Waals surface area contributed by atoms with Crippen molar-refractivity contribution in [3.8, 4) is 0 Å². The third-order valence-electron chi connectivity index (χ3n) is 1.70. The van der Waals surface area contributed by atoms with Gasteiger partial charge in [-0.1, -0.05) is 6.92 Å². The molecule has 78 valence electrons. The van der Waals surface area contributed by atoms with Gasteiger partial charge in [0.25, 0.3) is 0 Å². The quantitative estimate of drug-likeness (QED) is 0.562. The van der Waals surface area contributed by atoms with E-state index >= 15 is 0 Å². The summed E-state index contributed by atoms with van der Waals surface area (Å²) in [6, 6.07) is 0. The minimum Gasteiger partial charge on any atom is -0.469 e. The molecule has 1 rings (SSSR count). The summed E-state index contributed by atoms with van der Waals surface area (Å²) in [5, 5.41) is 4.26. The Labute approximate surface area is 87.6 Å².